The summed E-state index contributed by atoms with van der Waals surface area (Å²) in [6.07, 6.45) is 2.26. The number of nitrogens with one attached hydrogen (secondary N) is 2. The molecule has 0 radical (unpaired) electrons. The van der Waals surface area contributed by atoms with Crippen molar-refractivity contribution < 1.29 is 23.4 Å². The molecule has 156 valence electrons. The van der Waals surface area contributed by atoms with E-state index >= 15 is 0 Å². The second kappa shape index (κ2) is 15.8. The Kier molecular flexibility index (Phi) is 15.1. The van der Waals surface area contributed by atoms with Crippen LogP contribution in [0.4, 0.5) is 8.78 Å². The zero-order valence-electron chi connectivity index (χ0n) is 15.8. The van der Waals surface area contributed by atoms with Crippen molar-refractivity contribution in [1.29, 1.82) is 0 Å². The second-order valence-electron chi connectivity index (χ2n) is 5.66. The first-order valence-electron chi connectivity index (χ1n) is 8.80. The standard InChI is InChI=1S/C18H29F2N3O3.HI/c1-3-21-18(22-11-5-4-6-12-25-2)23-13-16(24)14-7-9-15(10-8-14)26-17(19)20;/h7-10,16-17,24H,3-6,11-13H2,1-2H3,(H2,21,22,23);1H. The number of methoxy groups -OCH3 is 1. The van der Waals surface area contributed by atoms with E-state index in [0.717, 1.165) is 32.4 Å². The van der Waals surface area contributed by atoms with Gasteiger partial charge in [0.15, 0.2) is 5.96 Å². The van der Waals surface area contributed by atoms with Gasteiger partial charge in [-0.2, -0.15) is 8.78 Å². The van der Waals surface area contributed by atoms with Crippen LogP contribution in [0, 0.1) is 0 Å². The lowest BCUT2D eigenvalue weighted by molar-refractivity contribution is -0.0498. The van der Waals surface area contributed by atoms with Crippen LogP contribution in [0.2, 0.25) is 0 Å². The molecule has 0 spiro atoms. The van der Waals surface area contributed by atoms with Crippen LogP contribution >= 0.6 is 24.0 Å². The number of rotatable bonds is 12. The van der Waals surface area contributed by atoms with E-state index in [0.29, 0.717) is 18.1 Å². The maximum Gasteiger partial charge on any atom is 0.387 e. The van der Waals surface area contributed by atoms with E-state index in [1.165, 1.54) is 12.1 Å². The van der Waals surface area contributed by atoms with Gasteiger partial charge in [-0.15, -0.1) is 24.0 Å². The summed E-state index contributed by atoms with van der Waals surface area (Å²) in [6.45, 7) is 1.53. The van der Waals surface area contributed by atoms with Crippen LogP contribution in [0.3, 0.4) is 0 Å². The lowest BCUT2D eigenvalue weighted by atomic mass is 10.1. The number of unbranched alkanes of at least 4 members (excludes halogenated alkanes) is 2. The van der Waals surface area contributed by atoms with Crippen molar-refractivity contribution in [3.05, 3.63) is 29.8 Å². The van der Waals surface area contributed by atoms with E-state index in [1.807, 2.05) is 6.92 Å². The molecule has 0 heterocycles. The van der Waals surface area contributed by atoms with Crippen LogP contribution in [0.1, 0.15) is 37.9 Å². The summed E-state index contributed by atoms with van der Waals surface area (Å²) in [4.78, 5) is 4.36. The average molecular weight is 501 g/mol. The molecule has 0 fully saturated rings. The first-order valence-corrected chi connectivity index (χ1v) is 8.80. The van der Waals surface area contributed by atoms with Gasteiger partial charge in [0.2, 0.25) is 0 Å². The van der Waals surface area contributed by atoms with E-state index < -0.39 is 12.7 Å². The molecule has 0 aliphatic heterocycles. The van der Waals surface area contributed by atoms with E-state index in [-0.39, 0.29) is 36.3 Å². The van der Waals surface area contributed by atoms with Gasteiger partial charge in [0.1, 0.15) is 5.75 Å². The number of alkyl halides is 2. The summed E-state index contributed by atoms with van der Waals surface area (Å²) in [5.41, 5.74) is 0.589. The van der Waals surface area contributed by atoms with E-state index in [4.69, 9.17) is 4.74 Å². The predicted octanol–water partition coefficient (Wildman–Crippen LogP) is 3.31. The number of guanidine groups is 1. The Balaban J connectivity index is 0.00000676. The van der Waals surface area contributed by atoms with Gasteiger partial charge in [-0.25, -0.2) is 0 Å². The summed E-state index contributed by atoms with van der Waals surface area (Å²) >= 11 is 0. The van der Waals surface area contributed by atoms with E-state index in [2.05, 4.69) is 20.4 Å². The zero-order valence-corrected chi connectivity index (χ0v) is 18.1. The van der Waals surface area contributed by atoms with Crippen LogP contribution in [-0.4, -0.2) is 51.0 Å². The third kappa shape index (κ3) is 12.0. The number of aliphatic hydroxyl groups excluding tert-OH is 1. The Morgan fingerprint density at radius 3 is 2.44 bits per heavy atom. The highest BCUT2D eigenvalue weighted by atomic mass is 127. The molecule has 0 aliphatic rings. The average Bonchev–Trinajstić information content (AvgIpc) is 2.62. The monoisotopic (exact) mass is 501 g/mol. The fourth-order valence-corrected chi connectivity index (χ4v) is 2.25. The van der Waals surface area contributed by atoms with Gasteiger partial charge in [0.05, 0.1) is 12.6 Å². The largest absolute Gasteiger partial charge is 0.435 e. The molecule has 0 bridgehead atoms. The third-order valence-corrected chi connectivity index (χ3v) is 3.57. The molecule has 0 saturated carbocycles. The fraction of sp³-hybridized carbons (Fsp3) is 0.611. The van der Waals surface area contributed by atoms with Crippen molar-refractivity contribution in [2.75, 3.05) is 33.4 Å². The molecule has 9 heteroatoms. The maximum atomic E-state index is 12.1. The highest BCUT2D eigenvalue weighted by Crippen LogP contribution is 2.19. The molecule has 27 heavy (non-hydrogen) atoms. The minimum Gasteiger partial charge on any atom is -0.435 e. The minimum absolute atomic E-state index is 0. The predicted molar refractivity (Wildman–Crippen MR) is 113 cm³/mol. The molecule has 1 unspecified atom stereocenters. The summed E-state index contributed by atoms with van der Waals surface area (Å²) in [5.74, 6) is 0.693. The highest BCUT2D eigenvalue weighted by Gasteiger charge is 2.09. The molecule has 3 N–H and O–H groups in total. The first-order chi connectivity index (χ1) is 12.6. The normalized spacial score (nSPS) is 12.4. The number of hydrogen-bond acceptors (Lipinski definition) is 4. The quantitative estimate of drug-likeness (QED) is 0.177. The maximum absolute atomic E-state index is 12.1. The van der Waals surface area contributed by atoms with Gasteiger partial charge >= 0.3 is 6.61 Å². The number of halogens is 3. The van der Waals surface area contributed by atoms with E-state index in [1.54, 1.807) is 19.2 Å². The SMILES string of the molecule is CCNC(=NCC(O)c1ccc(OC(F)F)cc1)NCCCCCOC.I. The molecule has 1 aromatic rings. The Morgan fingerprint density at radius 1 is 1.15 bits per heavy atom. The van der Waals surface area contributed by atoms with Gasteiger partial charge in [-0.1, -0.05) is 12.1 Å². The molecule has 1 atom stereocenters. The molecule has 0 aromatic heterocycles. The van der Waals surface area contributed by atoms with Crippen LogP contribution in [0.5, 0.6) is 5.75 Å². The summed E-state index contributed by atoms with van der Waals surface area (Å²) in [6, 6.07) is 5.90. The molecule has 0 amide bonds. The summed E-state index contributed by atoms with van der Waals surface area (Å²) in [7, 11) is 1.69. The number of benzene rings is 1. The Labute approximate surface area is 176 Å². The van der Waals surface area contributed by atoms with Gasteiger partial charge in [0.25, 0.3) is 0 Å². The number of nitrogens with zero attached hydrogens (tertiary/aromatic N) is 1. The van der Waals surface area contributed by atoms with Crippen molar-refractivity contribution >= 4 is 29.9 Å². The topological polar surface area (TPSA) is 75.1 Å². The first kappa shape index (κ1) is 25.8. The molecule has 1 rings (SSSR count). The zero-order chi connectivity index (χ0) is 19.2. The Morgan fingerprint density at radius 2 is 1.85 bits per heavy atom. The van der Waals surface area contributed by atoms with Crippen LogP contribution in [0.25, 0.3) is 0 Å². The summed E-state index contributed by atoms with van der Waals surface area (Å²) < 4.78 is 33.6. The molecule has 0 aliphatic carbocycles. The third-order valence-electron chi connectivity index (χ3n) is 3.57. The molecule has 1 aromatic carbocycles. The Hall–Kier alpha value is -1.20. The van der Waals surface area contributed by atoms with Crippen LogP contribution in [-0.2, 0) is 4.74 Å². The lowest BCUT2D eigenvalue weighted by Gasteiger charge is -2.14. The van der Waals surface area contributed by atoms with Crippen molar-refractivity contribution in [3.8, 4) is 5.75 Å². The number of hydrogen-bond donors (Lipinski definition) is 3. The molecular weight excluding hydrogens is 471 g/mol. The van der Waals surface area contributed by atoms with E-state index in [9.17, 15) is 13.9 Å². The number of ether oxygens (including phenoxy) is 2. The van der Waals surface area contributed by atoms with Gasteiger partial charge < -0.3 is 25.2 Å². The van der Waals surface area contributed by atoms with Crippen molar-refractivity contribution in [2.45, 2.75) is 38.9 Å². The number of aliphatic imine (C=N–C) groups is 1. The van der Waals surface area contributed by atoms with Crippen LogP contribution in [0.15, 0.2) is 29.3 Å². The van der Waals surface area contributed by atoms with Crippen molar-refractivity contribution in [2.24, 2.45) is 4.99 Å². The van der Waals surface area contributed by atoms with Gasteiger partial charge in [0, 0.05) is 26.8 Å². The lowest BCUT2D eigenvalue weighted by Crippen LogP contribution is -2.38. The smallest absolute Gasteiger partial charge is 0.387 e. The Bertz CT molecular complexity index is 519. The number of aliphatic hydroxyl groups is 1. The summed E-state index contributed by atoms with van der Waals surface area (Å²) in [5, 5.41) is 16.6. The van der Waals surface area contributed by atoms with Crippen molar-refractivity contribution in [1.82, 2.24) is 10.6 Å². The van der Waals surface area contributed by atoms with Crippen LogP contribution < -0.4 is 15.4 Å². The second-order valence-corrected chi connectivity index (χ2v) is 5.66. The van der Waals surface area contributed by atoms with Gasteiger partial charge in [-0.05, 0) is 43.9 Å². The fourth-order valence-electron chi connectivity index (χ4n) is 2.25. The van der Waals surface area contributed by atoms with Crippen molar-refractivity contribution in [3.63, 3.8) is 0 Å². The molecular formula is C18H30F2IN3O3. The highest BCUT2D eigenvalue weighted by molar-refractivity contribution is 14.0. The molecule has 0 saturated heterocycles. The molecule has 6 nitrogen and oxygen atoms in total. The minimum atomic E-state index is -2.86. The van der Waals surface area contributed by atoms with Gasteiger partial charge in [-0.3, -0.25) is 4.99 Å².